The lowest BCUT2D eigenvalue weighted by Crippen LogP contribution is -2.46. The predicted octanol–water partition coefficient (Wildman–Crippen LogP) is 5.90. The maximum atomic E-state index is 14.3. The van der Waals surface area contributed by atoms with Crippen molar-refractivity contribution >= 4 is 40.3 Å². The Labute approximate surface area is 332 Å². The first kappa shape index (κ1) is 44.6. The molecule has 5 rings (SSSR count). The fourth-order valence-corrected chi connectivity index (χ4v) is 7.22. The maximum Gasteiger partial charge on any atom is 0.312 e. The predicted molar refractivity (Wildman–Crippen MR) is 212 cm³/mol. The Kier molecular flexibility index (Phi) is 14.4. The molecule has 0 radical (unpaired) electrons. The number of hydrogen-bond donors (Lipinski definition) is 6. The van der Waals surface area contributed by atoms with Gasteiger partial charge in [-0.3, -0.25) is 14.4 Å². The molecule has 0 spiro atoms. The number of carbonyl (C=O) groups is 3. The number of rotatable bonds is 7. The maximum absolute atomic E-state index is 14.3. The number of aromatic hydroxyl groups is 3. The van der Waals surface area contributed by atoms with Crippen LogP contribution in [0.25, 0.3) is 10.8 Å². The number of nitrogens with zero attached hydrogens (tertiary/aromatic N) is 1. The lowest BCUT2D eigenvalue weighted by atomic mass is 9.78. The van der Waals surface area contributed by atoms with Crippen LogP contribution in [-0.4, -0.2) is 93.3 Å². The van der Waals surface area contributed by atoms with Crippen LogP contribution in [0.3, 0.4) is 0 Å². The SMILES string of the molecule is CCCCON=Cc1c2c(O)c3c(O)c(C)c4c(c3c1O)C(=O)[C@@](C)(O/C=C/[C@H](OC)[C@H](C)[C@@H](OC(C)=O)[C@@H](C)[C@H](O)[C@H](C)[C@@H](O)[C@@H](C)/C=C/C=C(/C)C(=O)N2)O4. The largest absolute Gasteiger partial charge is 0.507 e. The first-order valence-electron chi connectivity index (χ1n) is 19.1. The zero-order valence-corrected chi connectivity index (χ0v) is 34.2. The lowest BCUT2D eigenvalue weighted by Gasteiger charge is -2.38. The number of methoxy groups -OCH3 is 1. The normalized spacial score (nSPS) is 30.7. The molecule has 9 atom stereocenters. The van der Waals surface area contributed by atoms with Gasteiger partial charge in [-0.1, -0.05) is 64.4 Å². The second kappa shape index (κ2) is 18.4. The fourth-order valence-electron chi connectivity index (χ4n) is 7.22. The average Bonchev–Trinajstić information content (AvgIpc) is 3.43. The molecule has 0 aromatic heterocycles. The number of carbonyl (C=O) groups excluding carboxylic acids is 3. The molecule has 57 heavy (non-hydrogen) atoms. The van der Waals surface area contributed by atoms with Crippen LogP contribution in [0.4, 0.5) is 5.69 Å². The summed E-state index contributed by atoms with van der Waals surface area (Å²) in [6.45, 7) is 14.6. The van der Waals surface area contributed by atoms with E-state index in [1.807, 2.05) is 6.92 Å². The van der Waals surface area contributed by atoms with Crippen LogP contribution in [0, 0.1) is 30.6 Å². The number of phenols is 3. The van der Waals surface area contributed by atoms with E-state index in [0.29, 0.717) is 6.42 Å². The van der Waals surface area contributed by atoms with Crippen LogP contribution >= 0.6 is 0 Å². The number of esters is 1. The van der Waals surface area contributed by atoms with Crippen molar-refractivity contribution in [2.24, 2.45) is 28.8 Å². The van der Waals surface area contributed by atoms with Crippen LogP contribution < -0.4 is 10.1 Å². The number of unbranched alkanes of at least 4 members (excludes halogenated alkanes) is 1. The van der Waals surface area contributed by atoms with Crippen molar-refractivity contribution in [1.29, 1.82) is 0 Å². The molecule has 6 N–H and O–H groups in total. The minimum Gasteiger partial charge on any atom is -0.507 e. The van der Waals surface area contributed by atoms with Crippen LogP contribution in [-0.2, 0) is 28.6 Å². The quantitative estimate of drug-likeness (QED) is 0.0480. The van der Waals surface area contributed by atoms with E-state index in [4.69, 9.17) is 23.8 Å². The molecule has 5 bridgehead atoms. The summed E-state index contributed by atoms with van der Waals surface area (Å²) in [6, 6.07) is 0. The number of fused-ring (bicyclic) bond motifs is 14. The molecule has 2 aromatic carbocycles. The fraction of sp³-hybridized carbons (Fsp3) is 0.524. The van der Waals surface area contributed by atoms with E-state index in [2.05, 4.69) is 10.5 Å². The van der Waals surface area contributed by atoms with E-state index >= 15 is 0 Å². The molecule has 312 valence electrons. The second-order valence-electron chi connectivity index (χ2n) is 15.0. The summed E-state index contributed by atoms with van der Waals surface area (Å²) in [6.07, 6.45) is 6.05. The molecule has 0 unspecified atom stereocenters. The van der Waals surface area contributed by atoms with Crippen molar-refractivity contribution in [2.75, 3.05) is 19.0 Å². The van der Waals surface area contributed by atoms with Gasteiger partial charge in [-0.2, -0.15) is 0 Å². The standard InChI is InChI=1S/C42H56N2O13/c1-11-12-17-55-43-19-27-32-37(50)30-29(36(27)49)31-39(25(7)35(30)48)57-42(9,40(31)51)54-18-16-28(53-10)22(4)38(56-26(8)45)24(6)34(47)23(5)33(46)20(2)14-13-15-21(3)41(52)44-32/h13-16,18-20,22-24,28,33-34,38,46-50H,11-12,17H2,1-10H3,(H,44,52)/b14-13+,18-16+,21-15-,43-19?/t20-,22-,23+,24-,28-,33-,34+,38+,42-/m0/s1. The molecule has 3 aliphatic heterocycles. The van der Waals surface area contributed by atoms with Gasteiger partial charge in [0.15, 0.2) is 5.75 Å². The molecule has 0 saturated carbocycles. The second-order valence-corrected chi connectivity index (χ2v) is 15.0. The number of ether oxygens (including phenoxy) is 4. The van der Waals surface area contributed by atoms with Crippen molar-refractivity contribution < 1.29 is 63.7 Å². The first-order chi connectivity index (χ1) is 26.8. The molecule has 3 heterocycles. The third kappa shape index (κ3) is 9.05. The highest BCUT2D eigenvalue weighted by atomic mass is 16.7. The van der Waals surface area contributed by atoms with Gasteiger partial charge in [0, 0.05) is 61.2 Å². The monoisotopic (exact) mass is 796 g/mol. The molecular weight excluding hydrogens is 740 g/mol. The van der Waals surface area contributed by atoms with Gasteiger partial charge < -0.3 is 54.6 Å². The van der Waals surface area contributed by atoms with Crippen molar-refractivity contribution in [1.82, 2.24) is 0 Å². The molecular formula is C42H56N2O13. The molecule has 0 aliphatic carbocycles. The molecule has 0 saturated heterocycles. The summed E-state index contributed by atoms with van der Waals surface area (Å²) in [5.74, 6) is -8.58. The van der Waals surface area contributed by atoms with Crippen LogP contribution in [0.1, 0.15) is 89.7 Å². The van der Waals surface area contributed by atoms with Gasteiger partial charge in [0.2, 0.25) is 0 Å². The Balaban J connectivity index is 1.96. The highest BCUT2D eigenvalue weighted by Gasteiger charge is 2.50. The van der Waals surface area contributed by atoms with Crippen LogP contribution in [0.15, 0.2) is 41.3 Å². The molecule has 15 nitrogen and oxygen atoms in total. The van der Waals surface area contributed by atoms with Gasteiger partial charge >= 0.3 is 11.8 Å². The minimum absolute atomic E-state index is 0.0378. The number of aliphatic hydroxyl groups excluding tert-OH is 2. The van der Waals surface area contributed by atoms with Gasteiger partial charge in [0.05, 0.1) is 53.0 Å². The van der Waals surface area contributed by atoms with E-state index in [-0.39, 0.29) is 51.1 Å². The Morgan fingerprint density at radius 1 is 0.982 bits per heavy atom. The number of amides is 1. The van der Waals surface area contributed by atoms with Crippen molar-refractivity contribution in [3.05, 3.63) is 52.8 Å². The third-order valence-corrected chi connectivity index (χ3v) is 10.9. The summed E-state index contributed by atoms with van der Waals surface area (Å²) < 4.78 is 23.5. The molecule has 2 aromatic rings. The van der Waals surface area contributed by atoms with E-state index in [9.17, 15) is 39.9 Å². The zero-order chi connectivity index (χ0) is 42.5. The van der Waals surface area contributed by atoms with Crippen molar-refractivity contribution in [2.45, 2.75) is 105 Å². The van der Waals surface area contributed by atoms with Gasteiger partial charge in [-0.15, -0.1) is 0 Å². The summed E-state index contributed by atoms with van der Waals surface area (Å²) in [7, 11) is 1.43. The Bertz CT molecular complexity index is 1970. The summed E-state index contributed by atoms with van der Waals surface area (Å²) in [4.78, 5) is 45.5. The summed E-state index contributed by atoms with van der Waals surface area (Å²) in [5.41, 5.74) is -0.577. The topological polar surface area (TPSA) is 223 Å². The number of ketones is 1. The van der Waals surface area contributed by atoms with Crippen LogP contribution in [0.5, 0.6) is 23.0 Å². The van der Waals surface area contributed by atoms with Crippen molar-refractivity contribution in [3.63, 3.8) is 0 Å². The molecule has 15 heteroatoms. The molecule has 0 fully saturated rings. The number of phenolic OH excluding ortho intramolecular Hbond substituents is 3. The van der Waals surface area contributed by atoms with Crippen LogP contribution in [0.2, 0.25) is 0 Å². The number of aliphatic hydroxyl groups is 2. The number of nitrogens with one attached hydrogen (secondary N) is 1. The third-order valence-electron chi connectivity index (χ3n) is 10.9. The van der Waals surface area contributed by atoms with Crippen molar-refractivity contribution in [3.8, 4) is 23.0 Å². The van der Waals surface area contributed by atoms with Gasteiger partial charge in [-0.25, -0.2) is 0 Å². The van der Waals surface area contributed by atoms with Gasteiger partial charge in [-0.05, 0) is 26.3 Å². The first-order valence-corrected chi connectivity index (χ1v) is 19.1. The van der Waals surface area contributed by atoms with E-state index < -0.39 is 88.8 Å². The number of allylic oxidation sites excluding steroid dienone is 2. The summed E-state index contributed by atoms with van der Waals surface area (Å²) >= 11 is 0. The smallest absolute Gasteiger partial charge is 0.312 e. The highest BCUT2D eigenvalue weighted by Crippen LogP contribution is 2.55. The van der Waals surface area contributed by atoms with E-state index in [1.54, 1.807) is 39.8 Å². The Morgan fingerprint density at radius 3 is 2.30 bits per heavy atom. The number of benzene rings is 2. The van der Waals surface area contributed by atoms with E-state index in [1.165, 1.54) is 53.2 Å². The Morgan fingerprint density at radius 2 is 1.67 bits per heavy atom. The number of hydrogen-bond acceptors (Lipinski definition) is 14. The average molecular weight is 797 g/mol. The number of anilines is 1. The highest BCUT2D eigenvalue weighted by molar-refractivity contribution is 6.23. The number of Topliss-reactive ketones (excluding diaryl/α,β-unsaturated/α-hetero) is 1. The zero-order valence-electron chi connectivity index (χ0n) is 34.2. The molecule has 3 aliphatic rings. The van der Waals surface area contributed by atoms with Gasteiger partial charge in [0.1, 0.15) is 30.0 Å². The minimum atomic E-state index is -2.05. The van der Waals surface area contributed by atoms with Gasteiger partial charge in [0.25, 0.3) is 11.7 Å². The number of oxime groups is 1. The van der Waals surface area contributed by atoms with E-state index in [0.717, 1.165) is 12.6 Å². The molecule has 1 amide bonds. The lowest BCUT2D eigenvalue weighted by molar-refractivity contribution is -0.160. The summed E-state index contributed by atoms with van der Waals surface area (Å²) in [5, 5.41) is 63.8. The Hall–Kier alpha value is -5.12.